The van der Waals surface area contributed by atoms with Crippen LogP contribution in [0.25, 0.3) is 0 Å². The van der Waals surface area contributed by atoms with E-state index in [9.17, 15) is 23.5 Å². The first-order chi connectivity index (χ1) is 16.2. The van der Waals surface area contributed by atoms with E-state index in [1.54, 1.807) is 19.1 Å². The van der Waals surface area contributed by atoms with Gasteiger partial charge < -0.3 is 24.9 Å². The fraction of sp³-hybridized carbons (Fsp3) is 0.318. The van der Waals surface area contributed by atoms with Crippen molar-refractivity contribution in [3.05, 3.63) is 54.1 Å². The molecule has 178 valence electrons. The summed E-state index contributed by atoms with van der Waals surface area (Å²) >= 11 is 0. The highest BCUT2D eigenvalue weighted by Gasteiger charge is 2.38. The summed E-state index contributed by atoms with van der Waals surface area (Å²) in [5, 5.41) is 21.7. The van der Waals surface area contributed by atoms with Gasteiger partial charge in [-0.15, -0.1) is 5.10 Å². The number of hydrogen-bond donors (Lipinski definition) is 3. The second-order valence-electron chi connectivity index (χ2n) is 8.19. The molecule has 1 aliphatic rings. The van der Waals surface area contributed by atoms with Crippen LogP contribution in [-0.4, -0.2) is 38.3 Å². The van der Waals surface area contributed by atoms with Crippen LogP contribution < -0.4 is 15.4 Å². The van der Waals surface area contributed by atoms with Crippen LogP contribution in [0, 0.1) is 17.0 Å². The molecule has 0 unspecified atom stereocenters. The summed E-state index contributed by atoms with van der Waals surface area (Å²) in [4.78, 5) is 27.9. The number of hydrogen-bond acceptors (Lipinski definition) is 8. The number of ether oxygens (including phenoxy) is 1. The molecule has 2 heterocycles. The van der Waals surface area contributed by atoms with Gasteiger partial charge in [-0.25, -0.2) is 13.8 Å². The van der Waals surface area contributed by atoms with Crippen molar-refractivity contribution < 1.29 is 32.6 Å². The van der Waals surface area contributed by atoms with Crippen LogP contribution in [0.1, 0.15) is 43.3 Å². The van der Waals surface area contributed by atoms with Crippen LogP contribution in [0.4, 0.5) is 26.2 Å². The minimum absolute atomic E-state index is 0.126. The van der Waals surface area contributed by atoms with Gasteiger partial charge >= 0.3 is 23.8 Å². The minimum Gasteiger partial charge on any atom is -0.481 e. The normalized spacial score (nSPS) is 19.9. The third-order valence-electron chi connectivity index (χ3n) is 5.62. The number of benzene rings is 1. The lowest BCUT2D eigenvalue weighted by Gasteiger charge is -2.33. The Labute approximate surface area is 192 Å². The largest absolute Gasteiger partial charge is 0.481 e. The Kier molecular flexibility index (Phi) is 6.39. The lowest BCUT2D eigenvalue weighted by Crippen LogP contribution is -2.36. The number of rotatable bonds is 7. The van der Waals surface area contributed by atoms with Crippen LogP contribution in [0.15, 0.2) is 40.9 Å². The zero-order chi connectivity index (χ0) is 24.3. The Morgan fingerprint density at radius 3 is 2.50 bits per heavy atom. The number of carbonyl (C=O) groups is 2. The van der Waals surface area contributed by atoms with Gasteiger partial charge in [-0.1, -0.05) is 5.10 Å². The van der Waals surface area contributed by atoms with Gasteiger partial charge in [0.15, 0.2) is 11.6 Å². The Bertz CT molecular complexity index is 1190. The van der Waals surface area contributed by atoms with Crippen LogP contribution in [-0.2, 0) is 4.79 Å². The van der Waals surface area contributed by atoms with Gasteiger partial charge in [0, 0.05) is 17.8 Å². The maximum atomic E-state index is 13.3. The van der Waals surface area contributed by atoms with Gasteiger partial charge in [-0.3, -0.25) is 9.59 Å². The predicted octanol–water partition coefficient (Wildman–Crippen LogP) is 4.15. The number of nitrogens with zero attached hydrogens (tertiary/aromatic N) is 3. The first-order valence-corrected chi connectivity index (χ1v) is 10.4. The molecule has 0 aliphatic heterocycles. The Morgan fingerprint density at radius 2 is 1.85 bits per heavy atom. The van der Waals surface area contributed by atoms with Gasteiger partial charge in [0.05, 0.1) is 17.3 Å². The lowest BCUT2D eigenvalue weighted by molar-refractivity contribution is -0.150. The highest BCUT2D eigenvalue weighted by Crippen LogP contribution is 2.37. The summed E-state index contributed by atoms with van der Waals surface area (Å²) in [5.41, 5.74) is -0.201. The summed E-state index contributed by atoms with van der Waals surface area (Å²) in [6, 6.07) is 6.11. The Hall–Kier alpha value is -4.09. The summed E-state index contributed by atoms with van der Waals surface area (Å²) in [6.07, 6.45) is 3.55. The van der Waals surface area contributed by atoms with E-state index >= 15 is 0 Å². The molecule has 3 aromatic rings. The number of amides is 1. The van der Waals surface area contributed by atoms with Crippen molar-refractivity contribution in [2.75, 3.05) is 10.6 Å². The first kappa shape index (κ1) is 23.1. The average molecular weight is 473 g/mol. The fourth-order valence-electron chi connectivity index (χ4n) is 3.50. The molecule has 0 atom stereocenters. The molecule has 3 N–H and O–H groups in total. The molecule has 0 radical (unpaired) electrons. The van der Waals surface area contributed by atoms with Crippen molar-refractivity contribution in [1.82, 2.24) is 15.2 Å². The molecule has 4 rings (SSSR count). The van der Waals surface area contributed by atoms with Crippen molar-refractivity contribution in [3.63, 3.8) is 0 Å². The van der Waals surface area contributed by atoms with Crippen LogP contribution in [0.3, 0.4) is 0 Å². The molecule has 0 bridgehead atoms. The monoisotopic (exact) mass is 473 g/mol. The molecule has 1 aromatic carbocycles. The maximum Gasteiger partial charge on any atom is 0.320 e. The molecule has 1 aliphatic carbocycles. The number of anilines is 3. The fourth-order valence-corrected chi connectivity index (χ4v) is 3.50. The second kappa shape index (κ2) is 9.41. The highest BCUT2D eigenvalue weighted by atomic mass is 19.2. The van der Waals surface area contributed by atoms with Crippen molar-refractivity contribution in [2.24, 2.45) is 5.41 Å². The number of carboxylic acids is 1. The summed E-state index contributed by atoms with van der Waals surface area (Å²) in [5.74, 6) is -3.53. The average Bonchev–Trinajstić information content (AvgIpc) is 3.28. The molecule has 1 amide bonds. The lowest BCUT2D eigenvalue weighted by atomic mass is 9.75. The minimum atomic E-state index is -1.05. The molecule has 0 saturated heterocycles. The maximum absolute atomic E-state index is 13.3. The topological polar surface area (TPSA) is 139 Å². The second-order valence-corrected chi connectivity index (χ2v) is 8.19. The molecule has 34 heavy (non-hydrogen) atoms. The van der Waals surface area contributed by atoms with Crippen molar-refractivity contribution in [1.29, 1.82) is 0 Å². The summed E-state index contributed by atoms with van der Waals surface area (Å²) in [7, 11) is 0. The standard InChI is InChI=1S/C22H21F2N5O5/c1-22(20(31)32)8-6-14(7-9-22)33-17-5-3-13(11-25-17)26-18(30)19-28-29-21(34-19)27-12-2-4-15(23)16(24)10-12/h2-5,10-11,14H,6-9H2,1H3,(H,26,30)(H,27,29)(H,31,32)/t14-,22-. The van der Waals surface area contributed by atoms with Crippen molar-refractivity contribution >= 4 is 29.3 Å². The zero-order valence-electron chi connectivity index (χ0n) is 18.0. The Balaban J connectivity index is 1.30. The number of aromatic nitrogens is 3. The molecule has 12 heteroatoms. The van der Waals surface area contributed by atoms with Crippen molar-refractivity contribution in [3.8, 4) is 5.88 Å². The SMILES string of the molecule is C[C@]1(C(=O)O)CC[C@H](Oc2ccc(NC(=O)c3nnc(Nc4ccc(F)c(F)c4)o3)cn2)CC1. The first-order valence-electron chi connectivity index (χ1n) is 10.4. The third kappa shape index (κ3) is 5.27. The molecule has 1 saturated carbocycles. The van der Waals surface area contributed by atoms with E-state index in [0.717, 1.165) is 12.1 Å². The number of halogens is 2. The van der Waals surface area contributed by atoms with Gasteiger partial charge in [-0.05, 0) is 50.8 Å². The van der Waals surface area contributed by atoms with E-state index < -0.39 is 28.9 Å². The van der Waals surface area contributed by atoms with Crippen molar-refractivity contribution in [2.45, 2.75) is 38.7 Å². The number of aliphatic carboxylic acids is 1. The summed E-state index contributed by atoms with van der Waals surface area (Å²) in [6.45, 7) is 1.74. The van der Waals surface area contributed by atoms with E-state index in [2.05, 4.69) is 25.8 Å². The van der Waals surface area contributed by atoms with Crippen LogP contribution in [0.2, 0.25) is 0 Å². The number of nitrogens with one attached hydrogen (secondary N) is 2. The van der Waals surface area contributed by atoms with Crippen LogP contribution >= 0.6 is 0 Å². The number of carbonyl (C=O) groups excluding carboxylic acids is 1. The smallest absolute Gasteiger partial charge is 0.320 e. The number of carboxylic acid groups (broad SMARTS) is 1. The van der Waals surface area contributed by atoms with Gasteiger partial charge in [-0.2, -0.15) is 0 Å². The molecular weight excluding hydrogens is 452 g/mol. The quantitative estimate of drug-likeness (QED) is 0.462. The van der Waals surface area contributed by atoms with E-state index in [1.165, 1.54) is 12.3 Å². The van der Waals surface area contributed by atoms with Gasteiger partial charge in [0.1, 0.15) is 6.10 Å². The van der Waals surface area contributed by atoms with E-state index in [0.29, 0.717) is 37.3 Å². The molecule has 10 nitrogen and oxygen atoms in total. The Morgan fingerprint density at radius 1 is 1.12 bits per heavy atom. The van der Waals surface area contributed by atoms with Crippen LogP contribution in [0.5, 0.6) is 5.88 Å². The number of pyridine rings is 1. The molecule has 0 spiro atoms. The third-order valence-corrected chi connectivity index (χ3v) is 5.62. The van der Waals surface area contributed by atoms with E-state index in [-0.39, 0.29) is 23.7 Å². The van der Waals surface area contributed by atoms with E-state index in [4.69, 9.17) is 9.15 Å². The predicted molar refractivity (Wildman–Crippen MR) is 115 cm³/mol. The molecular formula is C22H21F2N5O5. The molecule has 2 aromatic heterocycles. The van der Waals surface area contributed by atoms with E-state index in [1.807, 2.05) is 0 Å². The highest BCUT2D eigenvalue weighted by molar-refractivity contribution is 6.00. The molecule has 1 fully saturated rings. The van der Waals surface area contributed by atoms with Gasteiger partial charge in [0.2, 0.25) is 5.88 Å². The van der Waals surface area contributed by atoms with Gasteiger partial charge in [0.25, 0.3) is 0 Å². The zero-order valence-corrected chi connectivity index (χ0v) is 18.0. The summed E-state index contributed by atoms with van der Waals surface area (Å²) < 4.78 is 37.3.